The molecule has 2 unspecified atom stereocenters. The van der Waals surface area contributed by atoms with Crippen molar-refractivity contribution in [3.8, 4) is 11.5 Å². The topological polar surface area (TPSA) is 48.0 Å². The van der Waals surface area contributed by atoms with Crippen LogP contribution in [0.3, 0.4) is 0 Å². The second-order valence-corrected chi connectivity index (χ2v) is 14.9. The summed E-state index contributed by atoms with van der Waals surface area (Å²) < 4.78 is 16.2. The number of aromatic nitrogens is 1. The molecule has 2 atom stereocenters. The average Bonchev–Trinajstić information content (AvgIpc) is 2.34. The molecule has 1 aromatic heterocycles. The molecule has 1 N–H and O–H groups in total. The van der Waals surface area contributed by atoms with Crippen molar-refractivity contribution in [3.05, 3.63) is 28.5 Å². The molecule has 0 fully saturated rings. The van der Waals surface area contributed by atoms with Crippen LogP contribution in [0.4, 0.5) is 0 Å². The fourth-order valence-electron chi connectivity index (χ4n) is 1.57. The Morgan fingerprint density at radius 3 is 2.50 bits per heavy atom. The summed E-state index contributed by atoms with van der Waals surface area (Å²) in [6.07, 6.45) is 4.18. The highest BCUT2D eigenvalue weighted by Crippen LogP contribution is 2.23. The lowest BCUT2D eigenvalue weighted by Gasteiger charge is -2.27. The molecule has 3 nitrogen and oxygen atoms in total. The van der Waals surface area contributed by atoms with Crippen molar-refractivity contribution in [2.45, 2.75) is 57.6 Å². The highest BCUT2D eigenvalue weighted by molar-refractivity contribution is 9.10. The summed E-state index contributed by atoms with van der Waals surface area (Å²) in [5, 5.41) is 0. The van der Waals surface area contributed by atoms with E-state index in [9.17, 15) is 4.55 Å². The lowest BCUT2D eigenvalue weighted by Crippen LogP contribution is -2.41. The van der Waals surface area contributed by atoms with Crippen LogP contribution < -0.4 is 4.72 Å². The lowest BCUT2D eigenvalue weighted by molar-refractivity contribution is 0.525. The van der Waals surface area contributed by atoms with E-state index in [2.05, 4.69) is 56.7 Å². The molecule has 0 amide bonds. The van der Waals surface area contributed by atoms with Gasteiger partial charge in [-0.05, 0) is 48.3 Å². The number of nitrogens with zero attached hydrogens (tertiary/aromatic N) is 1. The van der Waals surface area contributed by atoms with Gasteiger partial charge in [-0.1, -0.05) is 19.6 Å². The summed E-state index contributed by atoms with van der Waals surface area (Å²) in [6, 6.07) is 1.91. The van der Waals surface area contributed by atoms with Crippen LogP contribution in [0, 0.1) is 11.5 Å². The monoisotopic (exact) mass is 400 g/mol. The Labute approximate surface area is 147 Å². The molecule has 22 heavy (non-hydrogen) atoms. The minimum absolute atomic E-state index is 0.0890. The van der Waals surface area contributed by atoms with Gasteiger partial charge in [-0.15, -0.1) is 16.2 Å². The SMILES string of the molecule is CC(C)(C)[S+]([O-])NC(CC#C[Si](C)(C)C)c1cncc(Br)c1. The van der Waals surface area contributed by atoms with Gasteiger partial charge in [0.05, 0.1) is 6.04 Å². The van der Waals surface area contributed by atoms with Crippen LogP contribution in [0.2, 0.25) is 19.6 Å². The van der Waals surface area contributed by atoms with E-state index in [1.807, 2.05) is 26.8 Å². The summed E-state index contributed by atoms with van der Waals surface area (Å²) in [5.74, 6) is 3.27. The van der Waals surface area contributed by atoms with Gasteiger partial charge in [0.2, 0.25) is 0 Å². The zero-order valence-corrected chi connectivity index (χ0v) is 17.6. The van der Waals surface area contributed by atoms with Gasteiger partial charge in [-0.3, -0.25) is 4.98 Å². The van der Waals surface area contributed by atoms with Crippen molar-refractivity contribution >= 4 is 35.4 Å². The Kier molecular flexibility index (Phi) is 7.15. The minimum atomic E-state index is -1.40. The second kappa shape index (κ2) is 7.98. The van der Waals surface area contributed by atoms with Crippen LogP contribution in [0.15, 0.2) is 22.9 Å². The van der Waals surface area contributed by atoms with Gasteiger partial charge < -0.3 is 4.55 Å². The largest absolute Gasteiger partial charge is 0.598 e. The molecule has 0 spiro atoms. The fraction of sp³-hybridized carbons (Fsp3) is 0.562. The Morgan fingerprint density at radius 1 is 1.36 bits per heavy atom. The molecule has 0 bridgehead atoms. The number of halogens is 1. The quantitative estimate of drug-likeness (QED) is 0.467. The molecule has 122 valence electrons. The smallest absolute Gasteiger partial charge is 0.136 e. The normalized spacial score (nSPS) is 14.9. The first-order chi connectivity index (χ1) is 9.99. The molecule has 0 aliphatic rings. The fourth-order valence-corrected chi connectivity index (χ4v) is 3.42. The van der Waals surface area contributed by atoms with Crippen molar-refractivity contribution in [1.29, 1.82) is 0 Å². The van der Waals surface area contributed by atoms with Crippen molar-refractivity contribution in [3.63, 3.8) is 0 Å². The van der Waals surface area contributed by atoms with Gasteiger partial charge >= 0.3 is 0 Å². The first-order valence-corrected chi connectivity index (χ1v) is 12.7. The Bertz CT molecular complexity index is 558. The first kappa shape index (κ1) is 19.7. The molecule has 1 aromatic rings. The van der Waals surface area contributed by atoms with E-state index >= 15 is 0 Å². The van der Waals surface area contributed by atoms with Gasteiger partial charge in [0.1, 0.15) is 12.8 Å². The molecular weight excluding hydrogens is 376 g/mol. The minimum Gasteiger partial charge on any atom is -0.598 e. The van der Waals surface area contributed by atoms with E-state index in [1.165, 1.54) is 0 Å². The Balaban J connectivity index is 2.97. The van der Waals surface area contributed by atoms with Crippen LogP contribution in [0.25, 0.3) is 0 Å². The number of hydrogen-bond acceptors (Lipinski definition) is 3. The highest BCUT2D eigenvalue weighted by Gasteiger charge is 2.29. The Hall–Kier alpha value is -0.323. The lowest BCUT2D eigenvalue weighted by atomic mass is 10.1. The zero-order valence-electron chi connectivity index (χ0n) is 14.2. The van der Waals surface area contributed by atoms with Crippen LogP contribution in [-0.4, -0.2) is 22.4 Å². The predicted octanol–water partition coefficient (Wildman–Crippen LogP) is 4.21. The van der Waals surface area contributed by atoms with Crippen molar-refractivity contribution in [1.82, 2.24) is 9.71 Å². The van der Waals surface area contributed by atoms with Crippen molar-refractivity contribution in [2.75, 3.05) is 0 Å². The predicted molar refractivity (Wildman–Crippen MR) is 101 cm³/mol. The maximum atomic E-state index is 12.4. The van der Waals surface area contributed by atoms with Crippen LogP contribution in [0.1, 0.15) is 38.8 Å². The average molecular weight is 401 g/mol. The third-order valence-corrected chi connectivity index (χ3v) is 5.67. The molecule has 0 radical (unpaired) electrons. The van der Waals surface area contributed by atoms with Crippen molar-refractivity contribution in [2.24, 2.45) is 0 Å². The van der Waals surface area contributed by atoms with Crippen molar-refractivity contribution < 1.29 is 4.55 Å². The number of nitrogens with one attached hydrogen (secondary N) is 1. The molecule has 1 heterocycles. The van der Waals surface area contributed by atoms with Gasteiger partial charge in [0, 0.05) is 34.6 Å². The zero-order chi connectivity index (χ0) is 17.0. The molecule has 0 aliphatic carbocycles. The molecule has 0 aliphatic heterocycles. The van der Waals surface area contributed by atoms with Gasteiger partial charge in [0.15, 0.2) is 0 Å². The summed E-state index contributed by atoms with van der Waals surface area (Å²) in [4.78, 5) is 4.21. The summed E-state index contributed by atoms with van der Waals surface area (Å²) in [7, 11) is -1.40. The second-order valence-electron chi connectivity index (χ2n) is 7.24. The van der Waals surface area contributed by atoms with Gasteiger partial charge in [-0.25, -0.2) is 0 Å². The Morgan fingerprint density at radius 2 is 2.00 bits per heavy atom. The van der Waals surface area contributed by atoms with Gasteiger partial charge in [0.25, 0.3) is 0 Å². The number of pyridine rings is 1. The van der Waals surface area contributed by atoms with E-state index in [0.717, 1.165) is 10.0 Å². The van der Waals surface area contributed by atoms with E-state index in [-0.39, 0.29) is 10.8 Å². The third-order valence-electron chi connectivity index (χ3n) is 2.70. The van der Waals surface area contributed by atoms with Crippen LogP contribution in [0.5, 0.6) is 0 Å². The number of rotatable bonds is 4. The summed E-state index contributed by atoms with van der Waals surface area (Å²) in [5.41, 5.74) is 4.36. The molecule has 6 heteroatoms. The van der Waals surface area contributed by atoms with Crippen LogP contribution in [-0.2, 0) is 11.4 Å². The maximum absolute atomic E-state index is 12.4. The van der Waals surface area contributed by atoms with Gasteiger partial charge in [-0.2, -0.15) is 0 Å². The molecule has 1 rings (SSSR count). The first-order valence-electron chi connectivity index (χ1n) is 7.27. The highest BCUT2D eigenvalue weighted by atomic mass is 79.9. The standard InChI is InChI=1S/C16H25BrN2OSSi/c1-16(2,3)21(20)19-15(8-7-9-22(4,5)6)13-10-14(17)12-18-11-13/h10-12,15,19H,8H2,1-6H3. The van der Waals surface area contributed by atoms with E-state index in [0.29, 0.717) is 6.42 Å². The maximum Gasteiger partial charge on any atom is 0.136 e. The number of hydrogen-bond donors (Lipinski definition) is 1. The molecule has 0 aromatic carbocycles. The van der Waals surface area contributed by atoms with Crippen LogP contribution >= 0.6 is 15.9 Å². The van der Waals surface area contributed by atoms with E-state index in [1.54, 1.807) is 12.4 Å². The molecule has 0 saturated heterocycles. The van der Waals surface area contributed by atoms with E-state index < -0.39 is 19.4 Å². The molecule has 0 saturated carbocycles. The summed E-state index contributed by atoms with van der Waals surface area (Å²) >= 11 is 2.29. The third kappa shape index (κ3) is 7.29. The molecular formula is C16H25BrN2OSSi. The summed E-state index contributed by atoms with van der Waals surface area (Å²) in [6.45, 7) is 12.5. The van der Waals surface area contributed by atoms with E-state index in [4.69, 9.17) is 0 Å².